The summed E-state index contributed by atoms with van der Waals surface area (Å²) in [6.07, 6.45) is 2.21. The summed E-state index contributed by atoms with van der Waals surface area (Å²) in [5, 5.41) is 8.30. The van der Waals surface area contributed by atoms with E-state index in [0.29, 0.717) is 22.9 Å². The Bertz CT molecular complexity index is 1270. The number of nitrogens with one attached hydrogen (secondary N) is 1. The number of anilines is 1. The molecule has 8 nitrogen and oxygen atoms in total. The number of amides is 1. The number of hydrogen-bond donors (Lipinski definition) is 2. The lowest BCUT2D eigenvalue weighted by Crippen LogP contribution is -2.22. The van der Waals surface area contributed by atoms with Crippen LogP contribution in [0.4, 0.5) is 5.69 Å². The Morgan fingerprint density at radius 3 is 2.53 bits per heavy atom. The first-order valence-electron chi connectivity index (χ1n) is 10.2. The van der Waals surface area contributed by atoms with Crippen LogP contribution in [0.2, 0.25) is 0 Å². The molecule has 3 aromatic rings. The number of para-hydroxylation sites is 1. The Balaban J connectivity index is 1.81. The maximum absolute atomic E-state index is 13.0. The summed E-state index contributed by atoms with van der Waals surface area (Å²) in [5.41, 5.74) is 3.02. The fraction of sp³-hybridized carbons (Fsp3) is 0.261. The molecular formula is C23H25N3O5S. The minimum absolute atomic E-state index is 0.133. The standard InChI is InChI=1S/C23H25N3O5S/c1-3-8-19-17(4-2)22(18-11-5-6-12-20(18)26-19)23(28)31-14-21(27)25-15-9-7-10-16(13-15)32(24,29)30/h5-7,9-13H,3-4,8,14H2,1-2H3,(H,25,27)(H2,24,29,30). The van der Waals surface area contributed by atoms with E-state index in [2.05, 4.69) is 5.32 Å². The van der Waals surface area contributed by atoms with Gasteiger partial charge in [-0.2, -0.15) is 0 Å². The third-order valence-electron chi connectivity index (χ3n) is 4.90. The first-order valence-corrected chi connectivity index (χ1v) is 11.8. The highest BCUT2D eigenvalue weighted by atomic mass is 32.2. The number of ether oxygens (including phenoxy) is 1. The largest absolute Gasteiger partial charge is 0.452 e. The number of aromatic nitrogens is 1. The van der Waals surface area contributed by atoms with E-state index in [1.165, 1.54) is 24.3 Å². The first kappa shape index (κ1) is 23.4. The molecule has 0 unspecified atom stereocenters. The van der Waals surface area contributed by atoms with Gasteiger partial charge in [-0.05, 0) is 42.7 Å². The summed E-state index contributed by atoms with van der Waals surface area (Å²) in [4.78, 5) is 29.9. The highest BCUT2D eigenvalue weighted by Gasteiger charge is 2.21. The van der Waals surface area contributed by atoms with Gasteiger partial charge in [0.15, 0.2) is 6.61 Å². The van der Waals surface area contributed by atoms with Crippen LogP contribution in [-0.2, 0) is 32.4 Å². The first-order chi connectivity index (χ1) is 15.2. The van der Waals surface area contributed by atoms with E-state index in [1.807, 2.05) is 38.1 Å². The van der Waals surface area contributed by atoms with E-state index in [4.69, 9.17) is 14.9 Å². The van der Waals surface area contributed by atoms with E-state index in [-0.39, 0.29) is 10.6 Å². The number of nitrogens with zero attached hydrogens (tertiary/aromatic N) is 1. The molecule has 32 heavy (non-hydrogen) atoms. The van der Waals surface area contributed by atoms with Gasteiger partial charge in [0, 0.05) is 16.8 Å². The number of carbonyl (C=O) groups is 2. The molecule has 3 N–H and O–H groups in total. The van der Waals surface area contributed by atoms with Crippen molar-refractivity contribution in [2.24, 2.45) is 5.14 Å². The number of sulfonamides is 1. The van der Waals surface area contributed by atoms with Gasteiger partial charge >= 0.3 is 5.97 Å². The molecule has 0 atom stereocenters. The number of aryl methyl sites for hydroxylation is 1. The van der Waals surface area contributed by atoms with Crippen molar-refractivity contribution in [2.45, 2.75) is 38.0 Å². The number of carbonyl (C=O) groups excluding carboxylic acids is 2. The predicted molar refractivity (Wildman–Crippen MR) is 122 cm³/mol. The number of esters is 1. The molecule has 0 aliphatic heterocycles. The van der Waals surface area contributed by atoms with Crippen LogP contribution in [-0.4, -0.2) is 31.9 Å². The second-order valence-electron chi connectivity index (χ2n) is 7.23. The van der Waals surface area contributed by atoms with Crippen LogP contribution in [0.15, 0.2) is 53.4 Å². The van der Waals surface area contributed by atoms with Gasteiger partial charge in [0.25, 0.3) is 5.91 Å². The number of rotatable bonds is 8. The van der Waals surface area contributed by atoms with Gasteiger partial charge < -0.3 is 10.1 Å². The van der Waals surface area contributed by atoms with Crippen LogP contribution in [0, 0.1) is 0 Å². The number of hydrogen-bond acceptors (Lipinski definition) is 6. The van der Waals surface area contributed by atoms with Crippen LogP contribution in [0.5, 0.6) is 0 Å². The number of nitrogens with two attached hydrogens (primary N) is 1. The Morgan fingerprint density at radius 1 is 1.09 bits per heavy atom. The zero-order chi connectivity index (χ0) is 23.3. The molecule has 0 radical (unpaired) electrons. The molecule has 9 heteroatoms. The summed E-state index contributed by atoms with van der Waals surface area (Å²) in [5.74, 6) is -1.21. The Morgan fingerprint density at radius 2 is 1.84 bits per heavy atom. The van der Waals surface area contributed by atoms with Crippen molar-refractivity contribution in [2.75, 3.05) is 11.9 Å². The minimum atomic E-state index is -3.90. The van der Waals surface area contributed by atoms with Gasteiger partial charge in [0.05, 0.1) is 16.0 Å². The monoisotopic (exact) mass is 455 g/mol. The molecule has 0 aliphatic rings. The lowest BCUT2D eigenvalue weighted by Gasteiger charge is -2.15. The molecule has 0 spiro atoms. The maximum Gasteiger partial charge on any atom is 0.339 e. The van der Waals surface area contributed by atoms with Gasteiger partial charge in [-0.15, -0.1) is 0 Å². The normalized spacial score (nSPS) is 11.3. The van der Waals surface area contributed by atoms with Gasteiger partial charge in [0.2, 0.25) is 10.0 Å². The van der Waals surface area contributed by atoms with E-state index >= 15 is 0 Å². The Labute approximate surface area is 186 Å². The zero-order valence-electron chi connectivity index (χ0n) is 17.9. The van der Waals surface area contributed by atoms with Crippen LogP contribution >= 0.6 is 0 Å². The third-order valence-corrected chi connectivity index (χ3v) is 5.82. The summed E-state index contributed by atoms with van der Waals surface area (Å²) < 4.78 is 28.3. The summed E-state index contributed by atoms with van der Waals surface area (Å²) in [6, 6.07) is 12.9. The fourth-order valence-electron chi connectivity index (χ4n) is 3.51. The van der Waals surface area contributed by atoms with Crippen LogP contribution < -0.4 is 10.5 Å². The lowest BCUT2D eigenvalue weighted by molar-refractivity contribution is -0.119. The third kappa shape index (κ3) is 5.30. The Hall–Kier alpha value is -3.30. The number of primary sulfonamides is 1. The number of pyridine rings is 1. The molecule has 1 amide bonds. The summed E-state index contributed by atoms with van der Waals surface area (Å²) >= 11 is 0. The quantitative estimate of drug-likeness (QED) is 0.502. The molecule has 168 valence electrons. The van der Waals surface area contributed by atoms with E-state index in [1.54, 1.807) is 0 Å². The SMILES string of the molecule is CCCc1nc2ccccc2c(C(=O)OCC(=O)Nc2cccc(S(N)(=O)=O)c2)c1CC. The van der Waals surface area contributed by atoms with Crippen LogP contribution in [0.1, 0.15) is 41.9 Å². The van der Waals surface area contributed by atoms with E-state index in [0.717, 1.165) is 24.1 Å². The number of fused-ring (bicyclic) bond motifs is 1. The van der Waals surface area contributed by atoms with Crippen molar-refractivity contribution in [1.82, 2.24) is 4.98 Å². The molecule has 1 heterocycles. The average Bonchev–Trinajstić information content (AvgIpc) is 2.76. The minimum Gasteiger partial charge on any atom is -0.452 e. The molecule has 3 rings (SSSR count). The van der Waals surface area contributed by atoms with Crippen LogP contribution in [0.25, 0.3) is 10.9 Å². The van der Waals surface area contributed by atoms with Crippen molar-refractivity contribution in [3.05, 3.63) is 65.4 Å². The molecular weight excluding hydrogens is 430 g/mol. The lowest BCUT2D eigenvalue weighted by atomic mass is 9.96. The summed E-state index contributed by atoms with van der Waals surface area (Å²) in [6.45, 7) is 3.47. The zero-order valence-corrected chi connectivity index (χ0v) is 18.7. The molecule has 0 bridgehead atoms. The molecule has 0 saturated heterocycles. The average molecular weight is 456 g/mol. The molecule has 2 aromatic carbocycles. The van der Waals surface area contributed by atoms with Gasteiger partial charge in [0.1, 0.15) is 0 Å². The molecule has 1 aromatic heterocycles. The van der Waals surface area contributed by atoms with Crippen molar-refractivity contribution in [3.8, 4) is 0 Å². The van der Waals surface area contributed by atoms with E-state index < -0.39 is 28.5 Å². The van der Waals surface area contributed by atoms with Gasteiger partial charge in [-0.3, -0.25) is 9.78 Å². The van der Waals surface area contributed by atoms with Gasteiger partial charge in [-0.1, -0.05) is 44.5 Å². The summed E-state index contributed by atoms with van der Waals surface area (Å²) in [7, 11) is -3.90. The molecule has 0 fully saturated rings. The fourth-order valence-corrected chi connectivity index (χ4v) is 4.07. The van der Waals surface area contributed by atoms with Crippen molar-refractivity contribution < 1.29 is 22.7 Å². The van der Waals surface area contributed by atoms with Crippen LogP contribution in [0.3, 0.4) is 0 Å². The topological polar surface area (TPSA) is 128 Å². The van der Waals surface area contributed by atoms with Crippen molar-refractivity contribution in [3.63, 3.8) is 0 Å². The number of benzene rings is 2. The second-order valence-corrected chi connectivity index (χ2v) is 8.79. The maximum atomic E-state index is 13.0. The predicted octanol–water partition coefficient (Wildman–Crippen LogP) is 3.19. The molecule has 0 saturated carbocycles. The van der Waals surface area contributed by atoms with Crippen molar-refractivity contribution in [1.29, 1.82) is 0 Å². The Kier molecular flexibility index (Phi) is 7.22. The van der Waals surface area contributed by atoms with Gasteiger partial charge in [-0.25, -0.2) is 18.4 Å². The molecule has 0 aliphatic carbocycles. The smallest absolute Gasteiger partial charge is 0.339 e. The van der Waals surface area contributed by atoms with E-state index in [9.17, 15) is 18.0 Å². The van der Waals surface area contributed by atoms with Crippen molar-refractivity contribution >= 4 is 38.5 Å². The highest BCUT2D eigenvalue weighted by molar-refractivity contribution is 7.89. The highest BCUT2D eigenvalue weighted by Crippen LogP contribution is 2.26. The second kappa shape index (κ2) is 9.88.